The molecule has 0 aromatic heterocycles. The minimum atomic E-state index is -1.57. The standard InChI is InChI=1S/C45H46Cl2N4O9/c1-45(2,3)60-41(56)25-33(37(52)28-59-44(58)42-31(46)17-12-18-32(42)47)48-39(54)27-51-36-20-11-10-19-35(36)50(40(55)24-22-30-15-8-5-9-16-30)26-34(43(51)57)49-38(53)23-21-29-13-6-4-7-14-29/h4-20,33-34H,21-28H2,1-3H3,(H,48,54)(H,49,53)/t33-,34-/m0/s1. The van der Waals surface area contributed by atoms with Crippen LogP contribution in [-0.4, -0.2) is 78.7 Å². The number of ether oxygens (including phenoxy) is 2. The highest BCUT2D eigenvalue weighted by Crippen LogP contribution is 2.33. The number of rotatable bonds is 16. The number of hydrogen-bond acceptors (Lipinski definition) is 9. The first-order chi connectivity index (χ1) is 28.6. The van der Waals surface area contributed by atoms with Crippen LogP contribution >= 0.6 is 23.2 Å². The monoisotopic (exact) mass is 856 g/mol. The second-order valence-corrected chi connectivity index (χ2v) is 15.9. The number of halogens is 2. The highest BCUT2D eigenvalue weighted by atomic mass is 35.5. The zero-order chi connectivity index (χ0) is 43.4. The zero-order valence-corrected chi connectivity index (χ0v) is 35.0. The fraction of sp³-hybridized carbons (Fsp3) is 0.311. The Morgan fingerprint density at radius 1 is 0.750 bits per heavy atom. The molecule has 0 spiro atoms. The summed E-state index contributed by atoms with van der Waals surface area (Å²) >= 11 is 12.3. The van der Waals surface area contributed by atoms with Crippen LogP contribution in [0.25, 0.3) is 0 Å². The van der Waals surface area contributed by atoms with E-state index in [1.54, 1.807) is 45.0 Å². The summed E-state index contributed by atoms with van der Waals surface area (Å²) in [6, 6.07) is 26.8. The Morgan fingerprint density at radius 3 is 1.92 bits per heavy atom. The number of hydrogen-bond donors (Lipinski definition) is 2. The molecule has 0 saturated carbocycles. The molecule has 4 amide bonds. The molecule has 2 N–H and O–H groups in total. The minimum Gasteiger partial charge on any atom is -0.460 e. The van der Waals surface area contributed by atoms with Crippen LogP contribution in [-0.2, 0) is 51.1 Å². The van der Waals surface area contributed by atoms with Crippen LogP contribution in [0.3, 0.4) is 0 Å². The summed E-state index contributed by atoms with van der Waals surface area (Å²) in [6.07, 6.45) is 0.308. The van der Waals surface area contributed by atoms with Gasteiger partial charge < -0.3 is 25.0 Å². The number of ketones is 1. The number of nitrogens with one attached hydrogen (secondary N) is 2. The summed E-state index contributed by atoms with van der Waals surface area (Å²) in [5.74, 6) is -5.03. The topological polar surface area (TPSA) is 168 Å². The van der Waals surface area contributed by atoms with Crippen LogP contribution in [0.4, 0.5) is 11.4 Å². The molecule has 5 rings (SSSR count). The fourth-order valence-corrected chi connectivity index (χ4v) is 7.03. The van der Waals surface area contributed by atoms with Gasteiger partial charge >= 0.3 is 11.9 Å². The molecule has 1 aliphatic heterocycles. The predicted molar refractivity (Wildman–Crippen MR) is 227 cm³/mol. The number of esters is 2. The van der Waals surface area contributed by atoms with Gasteiger partial charge in [0.2, 0.25) is 17.7 Å². The van der Waals surface area contributed by atoms with Crippen molar-refractivity contribution in [3.8, 4) is 0 Å². The van der Waals surface area contributed by atoms with Crippen molar-refractivity contribution >= 4 is 75.9 Å². The maximum Gasteiger partial charge on any atom is 0.341 e. The van der Waals surface area contributed by atoms with Gasteiger partial charge in [0.1, 0.15) is 24.2 Å². The number of carbonyl (C=O) groups is 7. The molecular formula is C45H46Cl2N4O9. The molecule has 314 valence electrons. The minimum absolute atomic E-state index is 0.0110. The third-order valence-electron chi connectivity index (χ3n) is 9.31. The molecule has 0 unspecified atom stereocenters. The first kappa shape index (κ1) is 45.0. The third kappa shape index (κ3) is 12.7. The SMILES string of the molecule is CC(C)(C)OC(=O)C[C@H](NC(=O)CN1C(=O)[C@@H](NC(=O)CCc2ccccc2)CN(C(=O)CCc2ccccc2)c2ccccc21)C(=O)COC(=O)c1c(Cl)cccc1Cl. The summed E-state index contributed by atoms with van der Waals surface area (Å²) in [5, 5.41) is 5.28. The Hall–Kier alpha value is -6.05. The second kappa shape index (κ2) is 20.8. The highest BCUT2D eigenvalue weighted by molar-refractivity contribution is 6.39. The molecule has 0 aliphatic carbocycles. The molecule has 2 atom stereocenters. The predicted octanol–water partition coefficient (Wildman–Crippen LogP) is 6.07. The zero-order valence-electron chi connectivity index (χ0n) is 33.5. The molecule has 4 aromatic carbocycles. The van der Waals surface area contributed by atoms with Crippen molar-refractivity contribution in [1.82, 2.24) is 10.6 Å². The number of aryl methyl sites for hydroxylation is 2. The molecular weight excluding hydrogens is 811 g/mol. The van der Waals surface area contributed by atoms with Crippen LogP contribution in [0.1, 0.15) is 61.5 Å². The van der Waals surface area contributed by atoms with Crippen LogP contribution in [0, 0.1) is 0 Å². The molecule has 15 heteroatoms. The van der Waals surface area contributed by atoms with E-state index in [1.807, 2.05) is 60.7 Å². The molecule has 13 nitrogen and oxygen atoms in total. The Balaban J connectivity index is 1.40. The number of nitrogens with zero attached hydrogens (tertiary/aromatic N) is 2. The van der Waals surface area contributed by atoms with Crippen molar-refractivity contribution in [2.45, 2.75) is 70.6 Å². The van der Waals surface area contributed by atoms with Crippen molar-refractivity contribution in [2.24, 2.45) is 0 Å². The van der Waals surface area contributed by atoms with E-state index in [-0.39, 0.29) is 46.6 Å². The summed E-state index contributed by atoms with van der Waals surface area (Å²) in [5.41, 5.74) is 1.27. The van der Waals surface area contributed by atoms with E-state index in [0.29, 0.717) is 18.5 Å². The van der Waals surface area contributed by atoms with Crippen LogP contribution in [0.5, 0.6) is 0 Å². The van der Waals surface area contributed by atoms with Gasteiger partial charge in [-0.3, -0.25) is 33.7 Å². The number of carbonyl (C=O) groups excluding carboxylic acids is 7. The fourth-order valence-electron chi connectivity index (χ4n) is 6.47. The normalized spacial score (nSPS) is 14.3. The lowest BCUT2D eigenvalue weighted by Gasteiger charge is -2.26. The third-order valence-corrected chi connectivity index (χ3v) is 9.94. The van der Waals surface area contributed by atoms with Crippen molar-refractivity contribution in [2.75, 3.05) is 29.5 Å². The Labute approximate surface area is 358 Å². The molecule has 0 fully saturated rings. The summed E-state index contributed by atoms with van der Waals surface area (Å²) in [4.78, 5) is 97.8. The number of anilines is 2. The van der Waals surface area contributed by atoms with Gasteiger partial charge in [0, 0.05) is 12.8 Å². The largest absolute Gasteiger partial charge is 0.460 e. The Morgan fingerprint density at radius 2 is 1.32 bits per heavy atom. The van der Waals surface area contributed by atoms with Gasteiger partial charge in [-0.1, -0.05) is 102 Å². The number of para-hydroxylation sites is 2. The second-order valence-electron chi connectivity index (χ2n) is 15.1. The maximum absolute atomic E-state index is 14.5. The van der Waals surface area contributed by atoms with Crippen molar-refractivity contribution in [3.05, 3.63) is 130 Å². The van der Waals surface area contributed by atoms with Crippen molar-refractivity contribution < 1.29 is 43.0 Å². The molecule has 0 radical (unpaired) electrons. The average Bonchev–Trinajstić information content (AvgIpc) is 3.31. The number of fused-ring (bicyclic) bond motifs is 1. The maximum atomic E-state index is 14.5. The molecule has 60 heavy (non-hydrogen) atoms. The molecule has 0 saturated heterocycles. The molecule has 0 bridgehead atoms. The lowest BCUT2D eigenvalue weighted by molar-refractivity contribution is -0.156. The van der Waals surface area contributed by atoms with Crippen molar-refractivity contribution in [1.29, 1.82) is 0 Å². The van der Waals surface area contributed by atoms with Gasteiger partial charge in [-0.15, -0.1) is 0 Å². The Bertz CT molecular complexity index is 2190. The van der Waals surface area contributed by atoms with E-state index in [0.717, 1.165) is 16.0 Å². The van der Waals surface area contributed by atoms with E-state index in [9.17, 15) is 33.6 Å². The van der Waals surface area contributed by atoms with E-state index in [1.165, 1.54) is 23.1 Å². The average molecular weight is 858 g/mol. The molecule has 1 aliphatic rings. The van der Waals surface area contributed by atoms with Crippen LogP contribution in [0.2, 0.25) is 10.0 Å². The van der Waals surface area contributed by atoms with Gasteiger partial charge in [-0.05, 0) is 69.0 Å². The first-order valence-electron chi connectivity index (χ1n) is 19.3. The van der Waals surface area contributed by atoms with E-state index in [4.69, 9.17) is 32.7 Å². The quantitative estimate of drug-likeness (QED) is 0.127. The lowest BCUT2D eigenvalue weighted by Crippen LogP contribution is -2.55. The lowest BCUT2D eigenvalue weighted by atomic mass is 10.1. The van der Waals surface area contributed by atoms with Gasteiger partial charge in [-0.2, -0.15) is 0 Å². The number of benzene rings is 4. The summed E-state index contributed by atoms with van der Waals surface area (Å²) in [7, 11) is 0. The first-order valence-corrected chi connectivity index (χ1v) is 20.1. The van der Waals surface area contributed by atoms with E-state index in [2.05, 4.69) is 10.6 Å². The van der Waals surface area contributed by atoms with Gasteiger partial charge in [0.05, 0.1) is 39.9 Å². The summed E-state index contributed by atoms with van der Waals surface area (Å²) in [6.45, 7) is 3.10. The highest BCUT2D eigenvalue weighted by Gasteiger charge is 2.38. The van der Waals surface area contributed by atoms with Gasteiger partial charge in [0.15, 0.2) is 12.4 Å². The van der Waals surface area contributed by atoms with Crippen LogP contribution < -0.4 is 20.4 Å². The number of Topliss-reactive ketones (excluding diaryl/α,β-unsaturated/α-hetero) is 1. The summed E-state index contributed by atoms with van der Waals surface area (Å²) < 4.78 is 10.6. The molecule has 4 aromatic rings. The van der Waals surface area contributed by atoms with Crippen LogP contribution in [0.15, 0.2) is 103 Å². The van der Waals surface area contributed by atoms with Crippen molar-refractivity contribution in [3.63, 3.8) is 0 Å². The Kier molecular flexibility index (Phi) is 15.6. The van der Waals surface area contributed by atoms with Gasteiger partial charge in [0.25, 0.3) is 5.91 Å². The number of amides is 4. The van der Waals surface area contributed by atoms with Gasteiger partial charge in [-0.25, -0.2) is 4.79 Å². The molecule has 1 heterocycles. The smallest absolute Gasteiger partial charge is 0.341 e. The van der Waals surface area contributed by atoms with E-state index < -0.39 is 72.7 Å². The van der Waals surface area contributed by atoms with E-state index >= 15 is 0 Å².